The molecule has 17 heavy (non-hydrogen) atoms. The van der Waals surface area contributed by atoms with Crippen LogP contribution in [0.5, 0.6) is 0 Å². The first-order valence-corrected chi connectivity index (χ1v) is 7.66. The average Bonchev–Trinajstić information content (AvgIpc) is 2.89. The lowest BCUT2D eigenvalue weighted by Crippen LogP contribution is -2.20. The SMILES string of the molecule is CCC1CCN(c2nc(CNC3CC3)cs2)C1. The molecule has 0 aromatic carbocycles. The predicted molar refractivity (Wildman–Crippen MR) is 72.6 cm³/mol. The van der Waals surface area contributed by atoms with Crippen molar-refractivity contribution >= 4 is 16.5 Å². The van der Waals surface area contributed by atoms with Gasteiger partial charge in [-0.3, -0.25) is 0 Å². The molecule has 3 rings (SSSR count). The number of hydrogen-bond acceptors (Lipinski definition) is 4. The largest absolute Gasteiger partial charge is 0.348 e. The van der Waals surface area contributed by atoms with Crippen LogP contribution in [0.4, 0.5) is 5.13 Å². The summed E-state index contributed by atoms with van der Waals surface area (Å²) in [6.45, 7) is 5.65. The lowest BCUT2D eigenvalue weighted by molar-refractivity contribution is 0.569. The van der Waals surface area contributed by atoms with Gasteiger partial charge in [-0.2, -0.15) is 0 Å². The maximum atomic E-state index is 4.74. The Labute approximate surface area is 107 Å². The summed E-state index contributed by atoms with van der Waals surface area (Å²) in [5.74, 6) is 0.881. The number of aromatic nitrogens is 1. The van der Waals surface area contributed by atoms with E-state index >= 15 is 0 Å². The van der Waals surface area contributed by atoms with Crippen LogP contribution < -0.4 is 10.2 Å². The predicted octanol–water partition coefficient (Wildman–Crippen LogP) is 2.63. The Kier molecular flexibility index (Phi) is 3.34. The Morgan fingerprint density at radius 3 is 3.06 bits per heavy atom. The van der Waals surface area contributed by atoms with Crippen molar-refractivity contribution in [3.8, 4) is 0 Å². The number of anilines is 1. The van der Waals surface area contributed by atoms with Crippen molar-refractivity contribution in [2.24, 2.45) is 5.92 Å². The summed E-state index contributed by atoms with van der Waals surface area (Å²) in [6.07, 6.45) is 5.34. The van der Waals surface area contributed by atoms with Crippen molar-refractivity contribution in [1.29, 1.82) is 0 Å². The van der Waals surface area contributed by atoms with Gasteiger partial charge in [0.25, 0.3) is 0 Å². The van der Waals surface area contributed by atoms with Gasteiger partial charge in [-0.05, 0) is 25.2 Å². The van der Waals surface area contributed by atoms with Gasteiger partial charge < -0.3 is 10.2 Å². The van der Waals surface area contributed by atoms with E-state index in [4.69, 9.17) is 4.98 Å². The maximum Gasteiger partial charge on any atom is 0.185 e. The summed E-state index contributed by atoms with van der Waals surface area (Å²) in [7, 11) is 0. The van der Waals surface area contributed by atoms with Gasteiger partial charge in [0.15, 0.2) is 5.13 Å². The Balaban J connectivity index is 1.56. The van der Waals surface area contributed by atoms with Gasteiger partial charge in [0.05, 0.1) is 5.69 Å². The number of nitrogens with zero attached hydrogens (tertiary/aromatic N) is 2. The molecule has 0 radical (unpaired) electrons. The summed E-state index contributed by atoms with van der Waals surface area (Å²) in [5.41, 5.74) is 1.22. The Morgan fingerprint density at radius 1 is 1.47 bits per heavy atom. The topological polar surface area (TPSA) is 28.2 Å². The molecule has 1 N–H and O–H groups in total. The number of hydrogen-bond donors (Lipinski definition) is 1. The fourth-order valence-corrected chi connectivity index (χ4v) is 3.26. The van der Waals surface area contributed by atoms with Gasteiger partial charge in [0, 0.05) is 31.1 Å². The molecule has 3 nitrogen and oxygen atoms in total. The number of thiazole rings is 1. The van der Waals surface area contributed by atoms with E-state index in [1.807, 2.05) is 0 Å². The van der Waals surface area contributed by atoms with Gasteiger partial charge in [-0.1, -0.05) is 13.3 Å². The summed E-state index contributed by atoms with van der Waals surface area (Å²) in [5, 5.41) is 6.96. The highest BCUT2D eigenvalue weighted by Gasteiger charge is 2.24. The molecular formula is C13H21N3S. The highest BCUT2D eigenvalue weighted by molar-refractivity contribution is 7.13. The smallest absolute Gasteiger partial charge is 0.185 e. The second-order valence-electron chi connectivity index (χ2n) is 5.29. The van der Waals surface area contributed by atoms with E-state index in [0.29, 0.717) is 0 Å². The summed E-state index contributed by atoms with van der Waals surface area (Å²) < 4.78 is 0. The fraction of sp³-hybridized carbons (Fsp3) is 0.769. The second-order valence-corrected chi connectivity index (χ2v) is 6.12. The summed E-state index contributed by atoms with van der Waals surface area (Å²) >= 11 is 1.81. The molecule has 1 aliphatic heterocycles. The van der Waals surface area contributed by atoms with E-state index < -0.39 is 0 Å². The zero-order valence-electron chi connectivity index (χ0n) is 10.5. The highest BCUT2D eigenvalue weighted by atomic mass is 32.1. The normalized spacial score (nSPS) is 24.5. The lowest BCUT2D eigenvalue weighted by atomic mass is 10.1. The van der Waals surface area contributed by atoms with Crippen molar-refractivity contribution in [1.82, 2.24) is 10.3 Å². The van der Waals surface area contributed by atoms with Crippen LogP contribution in [0.1, 0.15) is 38.3 Å². The van der Waals surface area contributed by atoms with Crippen molar-refractivity contribution in [2.75, 3.05) is 18.0 Å². The van der Waals surface area contributed by atoms with Crippen LogP contribution in [-0.4, -0.2) is 24.1 Å². The van der Waals surface area contributed by atoms with Crippen LogP contribution in [0.15, 0.2) is 5.38 Å². The quantitative estimate of drug-likeness (QED) is 0.872. The van der Waals surface area contributed by atoms with Crippen molar-refractivity contribution < 1.29 is 0 Å². The van der Waals surface area contributed by atoms with E-state index in [1.54, 1.807) is 11.3 Å². The van der Waals surface area contributed by atoms with Crippen molar-refractivity contribution in [2.45, 2.75) is 45.2 Å². The van der Waals surface area contributed by atoms with Crippen LogP contribution in [0.2, 0.25) is 0 Å². The van der Waals surface area contributed by atoms with Crippen LogP contribution in [0.25, 0.3) is 0 Å². The first-order chi connectivity index (χ1) is 8.35. The van der Waals surface area contributed by atoms with Gasteiger partial charge in [-0.25, -0.2) is 4.98 Å². The molecule has 1 atom stereocenters. The average molecular weight is 251 g/mol. The van der Waals surface area contributed by atoms with Gasteiger partial charge in [0.1, 0.15) is 0 Å². The van der Waals surface area contributed by atoms with E-state index in [2.05, 4.69) is 22.5 Å². The fourth-order valence-electron chi connectivity index (χ4n) is 2.40. The molecule has 2 fully saturated rings. The minimum atomic E-state index is 0.774. The third-order valence-corrected chi connectivity index (χ3v) is 4.77. The lowest BCUT2D eigenvalue weighted by Gasteiger charge is -2.14. The molecule has 1 aliphatic carbocycles. The molecule has 2 aliphatic rings. The molecule has 1 saturated carbocycles. The van der Waals surface area contributed by atoms with Gasteiger partial charge in [-0.15, -0.1) is 11.3 Å². The number of rotatable bonds is 5. The third kappa shape index (κ3) is 2.80. The summed E-state index contributed by atoms with van der Waals surface area (Å²) in [4.78, 5) is 7.20. The molecule has 1 aromatic rings. The molecule has 4 heteroatoms. The molecule has 1 unspecified atom stereocenters. The molecule has 0 amide bonds. The molecule has 0 spiro atoms. The van der Waals surface area contributed by atoms with Gasteiger partial charge in [0.2, 0.25) is 0 Å². The third-order valence-electron chi connectivity index (χ3n) is 3.82. The second kappa shape index (κ2) is 4.94. The van der Waals surface area contributed by atoms with Crippen LogP contribution in [-0.2, 0) is 6.54 Å². The van der Waals surface area contributed by atoms with Gasteiger partial charge >= 0.3 is 0 Å². The van der Waals surface area contributed by atoms with E-state index in [-0.39, 0.29) is 0 Å². The Hall–Kier alpha value is -0.610. The molecule has 0 bridgehead atoms. The van der Waals surface area contributed by atoms with Crippen molar-refractivity contribution in [3.05, 3.63) is 11.1 Å². The molecule has 2 heterocycles. The number of nitrogens with one attached hydrogen (secondary N) is 1. The van der Waals surface area contributed by atoms with E-state index in [9.17, 15) is 0 Å². The molecule has 94 valence electrons. The molecule has 1 saturated heterocycles. The monoisotopic (exact) mass is 251 g/mol. The van der Waals surface area contributed by atoms with Crippen molar-refractivity contribution in [3.63, 3.8) is 0 Å². The Bertz CT molecular complexity index is 372. The maximum absolute atomic E-state index is 4.74. The minimum Gasteiger partial charge on any atom is -0.348 e. The van der Waals surface area contributed by atoms with E-state index in [0.717, 1.165) is 18.5 Å². The Morgan fingerprint density at radius 2 is 2.35 bits per heavy atom. The van der Waals surface area contributed by atoms with E-state index in [1.165, 1.54) is 49.6 Å². The summed E-state index contributed by atoms with van der Waals surface area (Å²) in [6, 6.07) is 0.774. The van der Waals surface area contributed by atoms with Crippen LogP contribution in [0, 0.1) is 5.92 Å². The zero-order valence-corrected chi connectivity index (χ0v) is 11.3. The minimum absolute atomic E-state index is 0.774. The van der Waals surface area contributed by atoms with Crippen LogP contribution >= 0.6 is 11.3 Å². The molecule has 1 aromatic heterocycles. The first-order valence-electron chi connectivity index (χ1n) is 6.78. The zero-order chi connectivity index (χ0) is 11.7. The molecular weight excluding hydrogens is 230 g/mol. The standard InChI is InChI=1S/C13H21N3S/c1-2-10-5-6-16(8-10)13-15-12(9-17-13)7-14-11-3-4-11/h9-11,14H,2-8H2,1H3. The first kappa shape index (κ1) is 11.5. The highest BCUT2D eigenvalue weighted by Crippen LogP contribution is 2.28. The van der Waals surface area contributed by atoms with Crippen LogP contribution in [0.3, 0.4) is 0 Å².